The summed E-state index contributed by atoms with van der Waals surface area (Å²) in [5.41, 5.74) is 4.02. The minimum absolute atomic E-state index is 0.151. The fourth-order valence-corrected chi connectivity index (χ4v) is 7.48. The van der Waals surface area contributed by atoms with E-state index < -0.39 is 19.3 Å². The summed E-state index contributed by atoms with van der Waals surface area (Å²) in [6.45, 7) is 9.25. The standard InChI is InChI=1S/C37H46NO6P/c1-6-27(4)44-45(39,40)33-23-31(29-17-15-28(16-18-29)25-43-35-14-10-11-21-42-35)22-30-19-20-34(38-36(30)33)37(41-5,24-26(2)3)32-12-8-7-9-13-32/h7-9,12-13,15-20,22-23,26-27,35H,6,10-11,14,21,24-25H2,1-5H3,(H,39,40). The van der Waals surface area contributed by atoms with Crippen molar-refractivity contribution >= 4 is 23.8 Å². The van der Waals surface area contributed by atoms with Crippen molar-refractivity contribution in [2.45, 2.75) is 84.4 Å². The summed E-state index contributed by atoms with van der Waals surface area (Å²) >= 11 is 0. The van der Waals surface area contributed by atoms with Gasteiger partial charge in [-0.15, -0.1) is 0 Å². The lowest BCUT2D eigenvalue weighted by Gasteiger charge is -2.34. The number of nitrogens with zero attached hydrogens (tertiary/aromatic N) is 1. The zero-order valence-electron chi connectivity index (χ0n) is 27.1. The molecule has 0 amide bonds. The van der Waals surface area contributed by atoms with E-state index in [0.717, 1.165) is 53.5 Å². The maximum atomic E-state index is 14.0. The number of ether oxygens (including phenoxy) is 3. The van der Waals surface area contributed by atoms with Gasteiger partial charge >= 0.3 is 7.60 Å². The van der Waals surface area contributed by atoms with Crippen LogP contribution in [-0.4, -0.2) is 36.0 Å². The molecule has 5 rings (SSSR count). The number of rotatable bonds is 13. The summed E-state index contributed by atoms with van der Waals surface area (Å²) in [6.07, 6.45) is 3.85. The van der Waals surface area contributed by atoms with Gasteiger partial charge in [-0.3, -0.25) is 4.57 Å². The Balaban J connectivity index is 1.58. The van der Waals surface area contributed by atoms with Crippen molar-refractivity contribution in [3.05, 3.63) is 95.7 Å². The Morgan fingerprint density at radius 3 is 2.40 bits per heavy atom. The molecular formula is C37H46NO6P. The minimum atomic E-state index is -4.26. The summed E-state index contributed by atoms with van der Waals surface area (Å²) in [5.74, 6) is 0.297. The minimum Gasteiger partial charge on any atom is -0.367 e. The van der Waals surface area contributed by atoms with Crippen molar-refractivity contribution in [2.24, 2.45) is 5.92 Å². The van der Waals surface area contributed by atoms with E-state index in [1.54, 1.807) is 20.1 Å². The van der Waals surface area contributed by atoms with Crippen molar-refractivity contribution in [3.8, 4) is 11.1 Å². The second-order valence-corrected chi connectivity index (χ2v) is 14.1. The first kappa shape index (κ1) is 33.5. The molecule has 0 bridgehead atoms. The predicted octanol–water partition coefficient (Wildman–Crippen LogP) is 8.51. The highest BCUT2D eigenvalue weighted by Crippen LogP contribution is 2.46. The van der Waals surface area contributed by atoms with Crippen molar-refractivity contribution in [1.29, 1.82) is 0 Å². The Hall–Kier alpha value is -2.90. The largest absolute Gasteiger partial charge is 0.367 e. The van der Waals surface area contributed by atoms with Crippen LogP contribution in [0.2, 0.25) is 0 Å². The van der Waals surface area contributed by atoms with Crippen LogP contribution in [0.4, 0.5) is 0 Å². The molecule has 0 saturated carbocycles. The summed E-state index contributed by atoms with van der Waals surface area (Å²) in [7, 11) is -2.56. The van der Waals surface area contributed by atoms with Gasteiger partial charge in [-0.25, -0.2) is 4.98 Å². The Labute approximate surface area is 267 Å². The number of hydrogen-bond acceptors (Lipinski definition) is 6. The molecule has 1 aliphatic heterocycles. The van der Waals surface area contributed by atoms with Gasteiger partial charge in [0.05, 0.1) is 29.2 Å². The summed E-state index contributed by atoms with van der Waals surface area (Å²) in [4.78, 5) is 16.5. The summed E-state index contributed by atoms with van der Waals surface area (Å²) < 4.78 is 37.7. The molecule has 4 aromatic rings. The first-order chi connectivity index (χ1) is 21.6. The maximum absolute atomic E-state index is 14.0. The van der Waals surface area contributed by atoms with E-state index in [-0.39, 0.29) is 11.6 Å². The second-order valence-electron chi connectivity index (χ2n) is 12.4. The highest BCUT2D eigenvalue weighted by molar-refractivity contribution is 7.61. The second kappa shape index (κ2) is 14.7. The van der Waals surface area contributed by atoms with Gasteiger partial charge in [-0.1, -0.05) is 81.4 Å². The molecular weight excluding hydrogens is 585 g/mol. The zero-order chi connectivity index (χ0) is 32.0. The van der Waals surface area contributed by atoms with Gasteiger partial charge in [-0.05, 0) is 85.4 Å². The third-order valence-corrected chi connectivity index (χ3v) is 10.1. The number of hydrogen-bond donors (Lipinski definition) is 1. The molecule has 7 nitrogen and oxygen atoms in total. The van der Waals surface area contributed by atoms with Crippen LogP contribution in [0.1, 0.15) is 76.6 Å². The van der Waals surface area contributed by atoms with Crippen LogP contribution in [0.15, 0.2) is 78.9 Å². The Morgan fingerprint density at radius 2 is 1.76 bits per heavy atom. The molecule has 8 heteroatoms. The molecule has 45 heavy (non-hydrogen) atoms. The number of aromatic nitrogens is 1. The molecule has 2 heterocycles. The van der Waals surface area contributed by atoms with Gasteiger partial charge in [0.25, 0.3) is 0 Å². The molecule has 1 saturated heterocycles. The van der Waals surface area contributed by atoms with E-state index in [2.05, 4.69) is 13.8 Å². The Bertz CT molecular complexity index is 1600. The molecule has 4 atom stereocenters. The Kier molecular flexibility index (Phi) is 10.9. The molecule has 1 aliphatic rings. The molecule has 0 radical (unpaired) electrons. The van der Waals surface area contributed by atoms with Gasteiger partial charge < -0.3 is 23.6 Å². The highest BCUT2D eigenvalue weighted by Gasteiger charge is 2.38. The summed E-state index contributed by atoms with van der Waals surface area (Å²) in [5, 5.41) is 0.930. The molecule has 3 aromatic carbocycles. The summed E-state index contributed by atoms with van der Waals surface area (Å²) in [6, 6.07) is 25.8. The SMILES string of the molecule is CCC(C)OP(=O)(O)c1cc(-c2ccc(COC3CCCCO3)cc2)cc2ccc(C(CC(C)C)(OC)c3ccccc3)nc12. The van der Waals surface area contributed by atoms with Crippen LogP contribution < -0.4 is 5.30 Å². The first-order valence-corrected chi connectivity index (χ1v) is 17.6. The first-order valence-electron chi connectivity index (χ1n) is 16.1. The van der Waals surface area contributed by atoms with Crippen LogP contribution in [0, 0.1) is 5.92 Å². The van der Waals surface area contributed by atoms with Gasteiger partial charge in [-0.2, -0.15) is 0 Å². The van der Waals surface area contributed by atoms with E-state index in [1.807, 2.05) is 79.7 Å². The van der Waals surface area contributed by atoms with E-state index in [4.69, 9.17) is 23.7 Å². The van der Waals surface area contributed by atoms with Gasteiger partial charge in [0.15, 0.2) is 6.29 Å². The fourth-order valence-electron chi connectivity index (χ4n) is 5.98. The molecule has 4 unspecified atom stereocenters. The normalized spacial score (nSPS) is 18.9. The molecule has 0 spiro atoms. The third kappa shape index (κ3) is 7.74. The lowest BCUT2D eigenvalue weighted by Crippen LogP contribution is -2.33. The van der Waals surface area contributed by atoms with E-state index >= 15 is 0 Å². The van der Waals surface area contributed by atoms with E-state index in [1.165, 1.54) is 0 Å². The number of benzene rings is 3. The van der Waals surface area contributed by atoms with Crippen LogP contribution in [-0.2, 0) is 35.5 Å². The third-order valence-electron chi connectivity index (χ3n) is 8.53. The monoisotopic (exact) mass is 631 g/mol. The molecule has 1 N–H and O–H groups in total. The van der Waals surface area contributed by atoms with Gasteiger partial charge in [0, 0.05) is 19.1 Å². The lowest BCUT2D eigenvalue weighted by atomic mass is 9.82. The molecule has 240 valence electrons. The molecule has 1 fully saturated rings. The van der Waals surface area contributed by atoms with Crippen LogP contribution in [0.3, 0.4) is 0 Å². The van der Waals surface area contributed by atoms with Gasteiger partial charge in [0.1, 0.15) is 5.60 Å². The van der Waals surface area contributed by atoms with Crippen LogP contribution in [0.5, 0.6) is 0 Å². The van der Waals surface area contributed by atoms with E-state index in [9.17, 15) is 9.46 Å². The molecule has 1 aromatic heterocycles. The van der Waals surface area contributed by atoms with Crippen molar-refractivity contribution in [1.82, 2.24) is 4.98 Å². The van der Waals surface area contributed by atoms with Crippen molar-refractivity contribution < 1.29 is 28.2 Å². The highest BCUT2D eigenvalue weighted by atomic mass is 31.2. The van der Waals surface area contributed by atoms with E-state index in [0.29, 0.717) is 36.6 Å². The van der Waals surface area contributed by atoms with Crippen LogP contribution in [0.25, 0.3) is 22.0 Å². The average molecular weight is 632 g/mol. The predicted molar refractivity (Wildman–Crippen MR) is 180 cm³/mol. The maximum Gasteiger partial charge on any atom is 0.361 e. The topological polar surface area (TPSA) is 87.1 Å². The van der Waals surface area contributed by atoms with Crippen LogP contribution >= 0.6 is 7.60 Å². The lowest BCUT2D eigenvalue weighted by molar-refractivity contribution is -0.168. The van der Waals surface area contributed by atoms with Gasteiger partial charge in [0.2, 0.25) is 0 Å². The average Bonchev–Trinajstić information content (AvgIpc) is 3.06. The number of methoxy groups -OCH3 is 1. The number of fused-ring (bicyclic) bond motifs is 1. The van der Waals surface area contributed by atoms with Crippen molar-refractivity contribution in [3.63, 3.8) is 0 Å². The Morgan fingerprint density at radius 1 is 1.00 bits per heavy atom. The smallest absolute Gasteiger partial charge is 0.361 e. The van der Waals surface area contributed by atoms with Crippen molar-refractivity contribution in [2.75, 3.05) is 13.7 Å². The number of pyridine rings is 1. The molecule has 0 aliphatic carbocycles. The fraction of sp³-hybridized carbons (Fsp3) is 0.432. The quantitative estimate of drug-likeness (QED) is 0.148. The zero-order valence-corrected chi connectivity index (χ0v) is 28.0.